The Morgan fingerprint density at radius 2 is 1.61 bits per heavy atom. The summed E-state index contributed by atoms with van der Waals surface area (Å²) in [5, 5.41) is 3.41. The molecule has 1 aromatic carbocycles. The Balaban J connectivity index is 1.44. The Morgan fingerprint density at radius 1 is 0.929 bits per heavy atom. The van der Waals surface area contributed by atoms with Gasteiger partial charge in [-0.2, -0.15) is 4.98 Å². The fourth-order valence-corrected chi connectivity index (χ4v) is 3.86. The average Bonchev–Trinajstić information content (AvgIpc) is 3.23. The van der Waals surface area contributed by atoms with E-state index in [1.165, 1.54) is 18.5 Å². The van der Waals surface area contributed by atoms with Gasteiger partial charge in [0.15, 0.2) is 0 Å². The molecule has 2 aliphatic rings. The van der Waals surface area contributed by atoms with E-state index in [4.69, 9.17) is 4.98 Å². The second kappa shape index (κ2) is 8.04. The number of benzene rings is 1. The molecule has 2 fully saturated rings. The van der Waals surface area contributed by atoms with Gasteiger partial charge in [-0.15, -0.1) is 0 Å². The number of aryl methyl sites for hydroxylation is 1. The van der Waals surface area contributed by atoms with Crippen LogP contribution in [0.1, 0.15) is 25.5 Å². The smallest absolute Gasteiger partial charge is 0.227 e. The Hall–Kier alpha value is -2.83. The third-order valence-corrected chi connectivity index (χ3v) is 5.46. The van der Waals surface area contributed by atoms with Crippen molar-refractivity contribution in [1.82, 2.24) is 14.9 Å². The zero-order chi connectivity index (χ0) is 19.5. The Kier molecular flexibility index (Phi) is 5.32. The number of amides is 1. The number of nitrogens with zero attached hydrogens (tertiary/aromatic N) is 5. The van der Waals surface area contributed by atoms with Gasteiger partial charge in [-0.05, 0) is 44.0 Å². The van der Waals surface area contributed by atoms with Crippen LogP contribution in [0.15, 0.2) is 30.3 Å². The number of hydrogen-bond acceptors (Lipinski definition) is 6. The highest BCUT2D eigenvalue weighted by Crippen LogP contribution is 2.24. The van der Waals surface area contributed by atoms with Crippen LogP contribution in [0, 0.1) is 6.92 Å². The molecule has 0 unspecified atom stereocenters. The Morgan fingerprint density at radius 3 is 2.25 bits per heavy atom. The van der Waals surface area contributed by atoms with Crippen LogP contribution in [0.2, 0.25) is 0 Å². The molecule has 28 heavy (non-hydrogen) atoms. The van der Waals surface area contributed by atoms with Crippen LogP contribution in [-0.4, -0.2) is 60.0 Å². The third-order valence-electron chi connectivity index (χ3n) is 5.46. The van der Waals surface area contributed by atoms with Crippen molar-refractivity contribution in [1.29, 1.82) is 0 Å². The molecule has 0 atom stereocenters. The largest absolute Gasteiger partial charge is 0.372 e. The number of carbonyl (C=O) groups excluding carboxylic acids is 1. The molecule has 7 heteroatoms. The molecule has 2 aliphatic heterocycles. The molecule has 0 spiro atoms. The summed E-state index contributed by atoms with van der Waals surface area (Å²) < 4.78 is 0. The molecule has 0 radical (unpaired) electrons. The van der Waals surface area contributed by atoms with E-state index in [2.05, 4.69) is 44.4 Å². The van der Waals surface area contributed by atoms with Crippen molar-refractivity contribution in [2.24, 2.45) is 0 Å². The van der Waals surface area contributed by atoms with Gasteiger partial charge in [-0.3, -0.25) is 4.79 Å². The van der Waals surface area contributed by atoms with Crippen LogP contribution >= 0.6 is 0 Å². The first-order chi connectivity index (χ1) is 13.6. The quantitative estimate of drug-likeness (QED) is 0.880. The SMILES string of the molecule is CC(=O)N1CCN(c2nc(C)cc(Nc3ccc(N4CCCC4)cc3)n2)CC1. The number of nitrogens with one attached hydrogen (secondary N) is 1. The van der Waals surface area contributed by atoms with Crippen molar-refractivity contribution < 1.29 is 4.79 Å². The number of aromatic nitrogens is 2. The molecular formula is C21H28N6O. The number of carbonyl (C=O) groups is 1. The summed E-state index contributed by atoms with van der Waals surface area (Å²) >= 11 is 0. The van der Waals surface area contributed by atoms with E-state index in [1.54, 1.807) is 6.92 Å². The first-order valence-electron chi connectivity index (χ1n) is 10.1. The molecule has 7 nitrogen and oxygen atoms in total. The van der Waals surface area contributed by atoms with E-state index in [0.29, 0.717) is 13.1 Å². The lowest BCUT2D eigenvalue weighted by Gasteiger charge is -2.34. The number of rotatable bonds is 4. The molecule has 0 bridgehead atoms. The van der Waals surface area contributed by atoms with Crippen molar-refractivity contribution in [3.05, 3.63) is 36.0 Å². The van der Waals surface area contributed by atoms with Crippen molar-refractivity contribution in [2.75, 3.05) is 54.4 Å². The minimum Gasteiger partial charge on any atom is -0.372 e. The number of piperazine rings is 1. The fourth-order valence-electron chi connectivity index (χ4n) is 3.86. The zero-order valence-electron chi connectivity index (χ0n) is 16.7. The second-order valence-corrected chi connectivity index (χ2v) is 7.55. The fraction of sp³-hybridized carbons (Fsp3) is 0.476. The van der Waals surface area contributed by atoms with Gasteiger partial charge in [0.1, 0.15) is 5.82 Å². The average molecular weight is 380 g/mol. The molecular weight excluding hydrogens is 352 g/mol. The molecule has 2 saturated heterocycles. The van der Waals surface area contributed by atoms with Crippen LogP contribution in [0.4, 0.5) is 23.1 Å². The molecule has 148 valence electrons. The topological polar surface area (TPSA) is 64.6 Å². The maximum Gasteiger partial charge on any atom is 0.227 e. The second-order valence-electron chi connectivity index (χ2n) is 7.55. The molecule has 1 N–H and O–H groups in total. The lowest BCUT2D eigenvalue weighted by atomic mass is 10.2. The summed E-state index contributed by atoms with van der Waals surface area (Å²) in [4.78, 5) is 27.3. The highest BCUT2D eigenvalue weighted by atomic mass is 16.2. The minimum atomic E-state index is 0.129. The maximum absolute atomic E-state index is 11.5. The highest BCUT2D eigenvalue weighted by molar-refractivity contribution is 5.73. The predicted molar refractivity (Wildman–Crippen MR) is 112 cm³/mol. The molecule has 3 heterocycles. The maximum atomic E-state index is 11.5. The van der Waals surface area contributed by atoms with Crippen LogP contribution in [0.25, 0.3) is 0 Å². The molecule has 0 saturated carbocycles. The van der Waals surface area contributed by atoms with Crippen molar-refractivity contribution >= 4 is 29.0 Å². The van der Waals surface area contributed by atoms with Crippen LogP contribution in [0.5, 0.6) is 0 Å². The summed E-state index contributed by atoms with van der Waals surface area (Å²) in [5.74, 6) is 1.65. The van der Waals surface area contributed by atoms with E-state index in [0.717, 1.165) is 49.3 Å². The van der Waals surface area contributed by atoms with Crippen LogP contribution in [0.3, 0.4) is 0 Å². The molecule has 2 aromatic rings. The number of hydrogen-bond donors (Lipinski definition) is 1. The van der Waals surface area contributed by atoms with Gasteiger partial charge >= 0.3 is 0 Å². The van der Waals surface area contributed by atoms with Gasteiger partial charge in [-0.25, -0.2) is 4.98 Å². The summed E-state index contributed by atoms with van der Waals surface area (Å²) in [5.41, 5.74) is 3.23. The van der Waals surface area contributed by atoms with Crippen molar-refractivity contribution in [2.45, 2.75) is 26.7 Å². The van der Waals surface area contributed by atoms with E-state index in [1.807, 2.05) is 17.9 Å². The van der Waals surface area contributed by atoms with E-state index in [-0.39, 0.29) is 5.91 Å². The van der Waals surface area contributed by atoms with Gasteiger partial charge in [0.2, 0.25) is 11.9 Å². The summed E-state index contributed by atoms with van der Waals surface area (Å²) in [7, 11) is 0. The minimum absolute atomic E-state index is 0.129. The molecule has 1 aromatic heterocycles. The standard InChI is InChI=1S/C21H28N6O/c1-16-15-20(23-18-5-7-19(8-6-18)26-9-3-4-10-26)24-21(22-16)27-13-11-25(12-14-27)17(2)28/h5-8,15H,3-4,9-14H2,1-2H3,(H,22,23,24). The van der Waals surface area contributed by atoms with Gasteiger partial charge in [0, 0.05) is 69.3 Å². The number of anilines is 4. The lowest BCUT2D eigenvalue weighted by molar-refractivity contribution is -0.129. The van der Waals surface area contributed by atoms with Crippen molar-refractivity contribution in [3.8, 4) is 0 Å². The van der Waals surface area contributed by atoms with Gasteiger partial charge in [-0.1, -0.05) is 0 Å². The molecule has 4 rings (SSSR count). The van der Waals surface area contributed by atoms with Crippen molar-refractivity contribution in [3.63, 3.8) is 0 Å². The lowest BCUT2D eigenvalue weighted by Crippen LogP contribution is -2.48. The van der Waals surface area contributed by atoms with Gasteiger partial charge in [0.05, 0.1) is 0 Å². The molecule has 0 aliphatic carbocycles. The van der Waals surface area contributed by atoms with E-state index < -0.39 is 0 Å². The highest BCUT2D eigenvalue weighted by Gasteiger charge is 2.21. The van der Waals surface area contributed by atoms with Crippen LogP contribution < -0.4 is 15.1 Å². The van der Waals surface area contributed by atoms with E-state index >= 15 is 0 Å². The molecule has 1 amide bonds. The summed E-state index contributed by atoms with van der Waals surface area (Å²) in [6.07, 6.45) is 2.56. The first-order valence-corrected chi connectivity index (χ1v) is 10.1. The van der Waals surface area contributed by atoms with E-state index in [9.17, 15) is 4.79 Å². The van der Waals surface area contributed by atoms with Crippen LogP contribution in [-0.2, 0) is 4.79 Å². The Labute approximate surface area is 166 Å². The van der Waals surface area contributed by atoms with Gasteiger partial charge in [0.25, 0.3) is 0 Å². The normalized spacial score (nSPS) is 17.1. The monoisotopic (exact) mass is 380 g/mol. The zero-order valence-corrected chi connectivity index (χ0v) is 16.7. The third kappa shape index (κ3) is 4.18. The first kappa shape index (κ1) is 18.5. The van der Waals surface area contributed by atoms with Gasteiger partial charge < -0.3 is 20.0 Å². The summed E-state index contributed by atoms with van der Waals surface area (Å²) in [6.45, 7) is 8.85. The Bertz CT molecular complexity index is 823. The predicted octanol–water partition coefficient (Wildman–Crippen LogP) is 2.80. The summed E-state index contributed by atoms with van der Waals surface area (Å²) in [6, 6.07) is 10.5.